The summed E-state index contributed by atoms with van der Waals surface area (Å²) in [5.74, 6) is 2.64. The second-order valence-corrected chi connectivity index (χ2v) is 8.55. The molecule has 0 atom stereocenters. The van der Waals surface area contributed by atoms with Gasteiger partial charge in [0.2, 0.25) is 5.91 Å². The number of ketones is 1. The lowest BCUT2D eigenvalue weighted by Crippen LogP contribution is -2.38. The summed E-state index contributed by atoms with van der Waals surface area (Å²) in [5.41, 5.74) is 0. The van der Waals surface area contributed by atoms with Gasteiger partial charge in [0.1, 0.15) is 5.78 Å². The summed E-state index contributed by atoms with van der Waals surface area (Å²) in [5, 5.41) is 6.63. The summed E-state index contributed by atoms with van der Waals surface area (Å²) in [6.45, 7) is 9.09. The SMILES string of the molecule is CCNCC1CCC(C(=O)NCC2CCC(C(=O)C(C)C)CC2)CC1. The lowest BCUT2D eigenvalue weighted by Gasteiger charge is -2.30. The first-order valence-corrected chi connectivity index (χ1v) is 10.5. The van der Waals surface area contributed by atoms with Gasteiger partial charge in [0.15, 0.2) is 0 Å². The Morgan fingerprint density at radius 2 is 1.36 bits per heavy atom. The van der Waals surface area contributed by atoms with E-state index in [0.717, 1.165) is 64.1 Å². The number of amides is 1. The quantitative estimate of drug-likeness (QED) is 0.704. The molecule has 0 radical (unpaired) electrons. The van der Waals surface area contributed by atoms with Crippen molar-refractivity contribution in [1.82, 2.24) is 10.6 Å². The molecule has 4 nitrogen and oxygen atoms in total. The Kier molecular flexibility index (Phi) is 8.41. The highest BCUT2D eigenvalue weighted by Gasteiger charge is 2.29. The van der Waals surface area contributed by atoms with Gasteiger partial charge in [0.25, 0.3) is 0 Å². The molecular weight excluding hydrogens is 312 g/mol. The Balaban J connectivity index is 1.62. The first-order chi connectivity index (χ1) is 12.0. The molecular formula is C21H38N2O2. The fourth-order valence-corrected chi connectivity index (χ4v) is 4.49. The van der Waals surface area contributed by atoms with Crippen LogP contribution in [0, 0.1) is 29.6 Å². The number of nitrogens with one attached hydrogen (secondary N) is 2. The summed E-state index contributed by atoms with van der Waals surface area (Å²) in [7, 11) is 0. The molecule has 0 bridgehead atoms. The smallest absolute Gasteiger partial charge is 0.223 e. The van der Waals surface area contributed by atoms with Crippen LogP contribution in [0.5, 0.6) is 0 Å². The second kappa shape index (κ2) is 10.3. The van der Waals surface area contributed by atoms with Crippen LogP contribution in [0.4, 0.5) is 0 Å². The molecule has 0 aromatic rings. The van der Waals surface area contributed by atoms with Crippen molar-refractivity contribution in [1.29, 1.82) is 0 Å². The number of hydrogen-bond acceptors (Lipinski definition) is 3. The molecule has 2 rings (SSSR count). The molecule has 0 spiro atoms. The molecule has 0 aromatic heterocycles. The molecule has 25 heavy (non-hydrogen) atoms. The van der Waals surface area contributed by atoms with Crippen molar-refractivity contribution in [3.63, 3.8) is 0 Å². The molecule has 1 amide bonds. The van der Waals surface area contributed by atoms with Gasteiger partial charge in [-0.05, 0) is 76.3 Å². The summed E-state index contributed by atoms with van der Waals surface area (Å²) in [6, 6.07) is 0. The van der Waals surface area contributed by atoms with Gasteiger partial charge >= 0.3 is 0 Å². The fourth-order valence-electron chi connectivity index (χ4n) is 4.49. The van der Waals surface area contributed by atoms with Gasteiger partial charge in [-0.1, -0.05) is 20.8 Å². The summed E-state index contributed by atoms with van der Waals surface area (Å²) < 4.78 is 0. The van der Waals surface area contributed by atoms with Crippen LogP contribution in [0.15, 0.2) is 0 Å². The number of carbonyl (C=O) groups is 2. The molecule has 0 heterocycles. The number of carbonyl (C=O) groups excluding carboxylic acids is 2. The van der Waals surface area contributed by atoms with E-state index in [-0.39, 0.29) is 23.7 Å². The highest BCUT2D eigenvalue weighted by Crippen LogP contribution is 2.31. The monoisotopic (exact) mass is 350 g/mol. The van der Waals surface area contributed by atoms with Gasteiger partial charge in [-0.25, -0.2) is 0 Å². The minimum absolute atomic E-state index is 0.156. The average Bonchev–Trinajstić information content (AvgIpc) is 2.64. The zero-order valence-corrected chi connectivity index (χ0v) is 16.5. The van der Waals surface area contributed by atoms with Crippen LogP contribution in [0.2, 0.25) is 0 Å². The molecule has 2 N–H and O–H groups in total. The Labute approximate surface area is 153 Å². The predicted octanol–water partition coefficient (Wildman–Crippen LogP) is 3.55. The van der Waals surface area contributed by atoms with Gasteiger partial charge < -0.3 is 10.6 Å². The van der Waals surface area contributed by atoms with Crippen molar-refractivity contribution in [3.05, 3.63) is 0 Å². The number of hydrogen-bond donors (Lipinski definition) is 2. The second-order valence-electron chi connectivity index (χ2n) is 8.55. The maximum Gasteiger partial charge on any atom is 0.223 e. The largest absolute Gasteiger partial charge is 0.356 e. The van der Waals surface area contributed by atoms with Gasteiger partial charge in [-0.15, -0.1) is 0 Å². The average molecular weight is 351 g/mol. The summed E-state index contributed by atoms with van der Waals surface area (Å²) in [4.78, 5) is 24.5. The molecule has 0 saturated heterocycles. The van der Waals surface area contributed by atoms with Gasteiger partial charge in [-0.2, -0.15) is 0 Å². The van der Waals surface area contributed by atoms with E-state index in [2.05, 4.69) is 17.6 Å². The fraction of sp³-hybridized carbons (Fsp3) is 0.905. The lowest BCUT2D eigenvalue weighted by atomic mass is 9.77. The van der Waals surface area contributed by atoms with Crippen LogP contribution in [0.1, 0.15) is 72.1 Å². The van der Waals surface area contributed by atoms with Crippen LogP contribution in [-0.4, -0.2) is 31.3 Å². The lowest BCUT2D eigenvalue weighted by molar-refractivity contribution is -0.128. The van der Waals surface area contributed by atoms with Crippen LogP contribution in [0.25, 0.3) is 0 Å². The van der Waals surface area contributed by atoms with E-state index in [1.54, 1.807) is 0 Å². The first kappa shape index (κ1) is 20.4. The first-order valence-electron chi connectivity index (χ1n) is 10.5. The third-order valence-corrected chi connectivity index (χ3v) is 6.28. The molecule has 2 aliphatic carbocycles. The Morgan fingerprint density at radius 1 is 0.840 bits per heavy atom. The van der Waals surface area contributed by atoms with Gasteiger partial charge in [-0.3, -0.25) is 9.59 Å². The minimum Gasteiger partial charge on any atom is -0.356 e. The minimum atomic E-state index is 0.156. The summed E-state index contributed by atoms with van der Waals surface area (Å²) >= 11 is 0. The maximum absolute atomic E-state index is 12.4. The van der Waals surface area contributed by atoms with Crippen molar-refractivity contribution >= 4 is 11.7 Å². The summed E-state index contributed by atoms with van der Waals surface area (Å²) in [6.07, 6.45) is 8.61. The van der Waals surface area contributed by atoms with Gasteiger partial charge in [0, 0.05) is 24.3 Å². The molecule has 2 saturated carbocycles. The van der Waals surface area contributed by atoms with Crippen molar-refractivity contribution < 1.29 is 9.59 Å². The molecule has 0 unspecified atom stereocenters. The third-order valence-electron chi connectivity index (χ3n) is 6.28. The van der Waals surface area contributed by atoms with E-state index in [1.165, 1.54) is 12.8 Å². The molecule has 0 aromatic carbocycles. The zero-order valence-electron chi connectivity index (χ0n) is 16.5. The third kappa shape index (κ3) is 6.40. The van der Waals surface area contributed by atoms with Gasteiger partial charge in [0.05, 0.1) is 0 Å². The number of Topliss-reactive ketones (excluding diaryl/α,β-unsaturated/α-hetero) is 1. The van der Waals surface area contributed by atoms with E-state index in [1.807, 2.05) is 13.8 Å². The molecule has 2 fully saturated rings. The zero-order chi connectivity index (χ0) is 18.2. The van der Waals surface area contributed by atoms with Crippen LogP contribution in [0.3, 0.4) is 0 Å². The topological polar surface area (TPSA) is 58.2 Å². The Hall–Kier alpha value is -0.900. The van der Waals surface area contributed by atoms with Crippen LogP contribution >= 0.6 is 0 Å². The Bertz CT molecular complexity index is 420. The molecule has 2 aliphatic rings. The van der Waals surface area contributed by atoms with E-state index in [4.69, 9.17) is 0 Å². The van der Waals surface area contributed by atoms with E-state index < -0.39 is 0 Å². The van der Waals surface area contributed by atoms with Crippen molar-refractivity contribution in [3.8, 4) is 0 Å². The van der Waals surface area contributed by atoms with Crippen molar-refractivity contribution in [2.75, 3.05) is 19.6 Å². The number of rotatable bonds is 8. The van der Waals surface area contributed by atoms with Crippen LogP contribution in [-0.2, 0) is 9.59 Å². The highest BCUT2D eigenvalue weighted by molar-refractivity contribution is 5.82. The van der Waals surface area contributed by atoms with Crippen molar-refractivity contribution in [2.45, 2.75) is 72.1 Å². The predicted molar refractivity (Wildman–Crippen MR) is 102 cm³/mol. The maximum atomic E-state index is 12.4. The van der Waals surface area contributed by atoms with Crippen molar-refractivity contribution in [2.24, 2.45) is 29.6 Å². The normalized spacial score (nSPS) is 30.2. The Morgan fingerprint density at radius 3 is 1.88 bits per heavy atom. The van der Waals surface area contributed by atoms with E-state index in [9.17, 15) is 9.59 Å². The van der Waals surface area contributed by atoms with E-state index >= 15 is 0 Å². The highest BCUT2D eigenvalue weighted by atomic mass is 16.2. The molecule has 144 valence electrons. The molecule has 4 heteroatoms. The van der Waals surface area contributed by atoms with E-state index in [0.29, 0.717) is 11.7 Å². The van der Waals surface area contributed by atoms with Crippen LogP contribution < -0.4 is 10.6 Å². The standard InChI is InChI=1S/C21H38N2O2/c1-4-22-13-16-7-11-19(12-8-16)21(25)23-14-17-5-9-18(10-6-17)20(24)15(2)3/h15-19,22H,4-14H2,1-3H3,(H,23,25). The molecule has 0 aliphatic heterocycles.